The molecule has 116 valence electrons. The summed E-state index contributed by atoms with van der Waals surface area (Å²) >= 11 is 0. The molecule has 2 rings (SSSR count). The third-order valence-corrected chi connectivity index (χ3v) is 3.39. The minimum absolute atomic E-state index is 0.104. The van der Waals surface area contributed by atoms with Gasteiger partial charge in [-0.15, -0.1) is 0 Å². The van der Waals surface area contributed by atoms with Gasteiger partial charge >= 0.3 is 0 Å². The molecule has 0 aliphatic rings. The predicted octanol–water partition coefficient (Wildman–Crippen LogP) is 3.58. The number of para-hydroxylation sites is 1. The number of ether oxygens (including phenoxy) is 2. The van der Waals surface area contributed by atoms with Crippen molar-refractivity contribution in [2.75, 3.05) is 13.7 Å². The van der Waals surface area contributed by atoms with Crippen molar-refractivity contribution in [3.8, 4) is 11.5 Å². The molecule has 0 unspecified atom stereocenters. The summed E-state index contributed by atoms with van der Waals surface area (Å²) in [6.45, 7) is 4.53. The van der Waals surface area contributed by atoms with Crippen molar-refractivity contribution < 1.29 is 14.3 Å². The van der Waals surface area contributed by atoms with E-state index in [9.17, 15) is 4.79 Å². The van der Waals surface area contributed by atoms with Gasteiger partial charge in [0, 0.05) is 0 Å². The molecular weight excluding hydrogens is 278 g/mol. The van der Waals surface area contributed by atoms with Gasteiger partial charge < -0.3 is 14.8 Å². The lowest BCUT2D eigenvalue weighted by atomic mass is 10.1. The Kier molecular flexibility index (Phi) is 5.42. The maximum absolute atomic E-state index is 12.4. The number of rotatable bonds is 6. The van der Waals surface area contributed by atoms with E-state index in [2.05, 4.69) is 5.32 Å². The van der Waals surface area contributed by atoms with Crippen LogP contribution in [0.15, 0.2) is 48.5 Å². The number of amides is 1. The zero-order valence-corrected chi connectivity index (χ0v) is 13.1. The lowest BCUT2D eigenvalue weighted by molar-refractivity contribution is 0.0937. The van der Waals surface area contributed by atoms with Crippen molar-refractivity contribution in [3.63, 3.8) is 0 Å². The van der Waals surface area contributed by atoms with Gasteiger partial charge in [-0.25, -0.2) is 0 Å². The Morgan fingerprint density at radius 3 is 2.45 bits per heavy atom. The molecule has 0 bridgehead atoms. The normalized spacial score (nSPS) is 11.6. The first-order chi connectivity index (χ1) is 10.7. The fourth-order valence-corrected chi connectivity index (χ4v) is 2.21. The number of hydrogen-bond donors (Lipinski definition) is 1. The van der Waals surface area contributed by atoms with Crippen LogP contribution in [0.1, 0.15) is 35.8 Å². The summed E-state index contributed by atoms with van der Waals surface area (Å²) in [4.78, 5) is 12.4. The van der Waals surface area contributed by atoms with Crippen molar-refractivity contribution in [2.45, 2.75) is 19.9 Å². The van der Waals surface area contributed by atoms with Gasteiger partial charge in [-0.3, -0.25) is 4.79 Å². The highest BCUT2D eigenvalue weighted by atomic mass is 16.5. The van der Waals surface area contributed by atoms with Crippen molar-refractivity contribution in [3.05, 3.63) is 59.7 Å². The van der Waals surface area contributed by atoms with E-state index in [1.54, 1.807) is 19.2 Å². The number of hydrogen-bond acceptors (Lipinski definition) is 3. The summed E-state index contributed by atoms with van der Waals surface area (Å²) in [5, 5.41) is 2.98. The lowest BCUT2D eigenvalue weighted by Crippen LogP contribution is -2.27. The predicted molar refractivity (Wildman–Crippen MR) is 86.5 cm³/mol. The van der Waals surface area contributed by atoms with Crippen molar-refractivity contribution in [1.29, 1.82) is 0 Å². The molecule has 0 aliphatic carbocycles. The van der Waals surface area contributed by atoms with Crippen molar-refractivity contribution in [1.82, 2.24) is 5.32 Å². The average Bonchev–Trinajstić information content (AvgIpc) is 2.55. The van der Waals surface area contributed by atoms with Crippen molar-refractivity contribution in [2.24, 2.45) is 0 Å². The molecule has 4 nitrogen and oxygen atoms in total. The molecule has 0 aliphatic heterocycles. The Bertz CT molecular complexity index is 622. The zero-order valence-electron chi connectivity index (χ0n) is 13.1. The molecule has 1 amide bonds. The summed E-state index contributed by atoms with van der Waals surface area (Å²) in [5.41, 5.74) is 1.55. The molecule has 0 fully saturated rings. The van der Waals surface area contributed by atoms with Crippen LogP contribution >= 0.6 is 0 Å². The molecule has 0 radical (unpaired) electrons. The van der Waals surface area contributed by atoms with Crippen LogP contribution in [0.3, 0.4) is 0 Å². The average molecular weight is 299 g/mol. The Hall–Kier alpha value is -2.49. The smallest absolute Gasteiger partial charge is 0.255 e. The van der Waals surface area contributed by atoms with Crippen LogP contribution in [0, 0.1) is 0 Å². The maximum Gasteiger partial charge on any atom is 0.255 e. The highest BCUT2D eigenvalue weighted by Gasteiger charge is 2.15. The van der Waals surface area contributed by atoms with Crippen LogP contribution < -0.4 is 14.8 Å². The van der Waals surface area contributed by atoms with E-state index in [-0.39, 0.29) is 11.9 Å². The second-order valence-corrected chi connectivity index (χ2v) is 4.90. The van der Waals surface area contributed by atoms with Gasteiger partial charge in [0.25, 0.3) is 5.91 Å². The third kappa shape index (κ3) is 3.79. The molecule has 2 aromatic rings. The first-order valence-corrected chi connectivity index (χ1v) is 7.32. The van der Waals surface area contributed by atoms with E-state index in [1.807, 2.05) is 50.2 Å². The van der Waals surface area contributed by atoms with E-state index in [0.717, 1.165) is 11.3 Å². The quantitative estimate of drug-likeness (QED) is 0.887. The Morgan fingerprint density at radius 1 is 1.14 bits per heavy atom. The first-order valence-electron chi connectivity index (χ1n) is 7.32. The van der Waals surface area contributed by atoms with E-state index < -0.39 is 0 Å². The highest BCUT2D eigenvalue weighted by Crippen LogP contribution is 2.21. The van der Waals surface area contributed by atoms with Gasteiger partial charge in [0.1, 0.15) is 11.5 Å². The molecule has 0 heterocycles. The summed E-state index contributed by atoms with van der Waals surface area (Å²) < 4.78 is 10.6. The lowest BCUT2D eigenvalue weighted by Gasteiger charge is -2.16. The number of carbonyl (C=O) groups is 1. The van der Waals surface area contributed by atoms with Gasteiger partial charge in [0.15, 0.2) is 0 Å². The maximum atomic E-state index is 12.4. The fourth-order valence-electron chi connectivity index (χ4n) is 2.21. The largest absolute Gasteiger partial charge is 0.496 e. The van der Waals surface area contributed by atoms with Crippen molar-refractivity contribution >= 4 is 5.91 Å². The van der Waals surface area contributed by atoms with Gasteiger partial charge in [-0.05, 0) is 43.7 Å². The summed E-state index contributed by atoms with van der Waals surface area (Å²) in [7, 11) is 1.56. The monoisotopic (exact) mass is 299 g/mol. The van der Waals surface area contributed by atoms with E-state index in [4.69, 9.17) is 9.47 Å². The number of nitrogens with one attached hydrogen (secondary N) is 1. The second kappa shape index (κ2) is 7.50. The number of methoxy groups -OCH3 is 1. The topological polar surface area (TPSA) is 47.6 Å². The molecule has 4 heteroatoms. The third-order valence-electron chi connectivity index (χ3n) is 3.39. The van der Waals surface area contributed by atoms with Crippen LogP contribution in [-0.2, 0) is 0 Å². The Labute approximate surface area is 131 Å². The number of carbonyl (C=O) groups excluding carboxylic acids is 1. The summed E-state index contributed by atoms with van der Waals surface area (Å²) in [6, 6.07) is 14.8. The Balaban J connectivity index is 2.07. The SMILES string of the molecule is CCOc1ccc([C@@H](C)NC(=O)c2ccccc2OC)cc1. The van der Waals surface area contributed by atoms with Gasteiger partial charge in [-0.2, -0.15) is 0 Å². The minimum atomic E-state index is -0.154. The van der Waals surface area contributed by atoms with E-state index in [1.165, 1.54) is 0 Å². The molecule has 22 heavy (non-hydrogen) atoms. The Morgan fingerprint density at radius 2 is 1.82 bits per heavy atom. The zero-order chi connectivity index (χ0) is 15.9. The number of benzene rings is 2. The van der Waals surface area contributed by atoms with E-state index >= 15 is 0 Å². The van der Waals surface area contributed by atoms with Gasteiger partial charge in [-0.1, -0.05) is 24.3 Å². The van der Waals surface area contributed by atoms with Crippen LogP contribution in [0.5, 0.6) is 11.5 Å². The molecule has 2 aromatic carbocycles. The molecule has 0 spiro atoms. The molecular formula is C18H21NO3. The van der Waals surface area contributed by atoms with Crippen LogP contribution in [-0.4, -0.2) is 19.6 Å². The van der Waals surface area contributed by atoms with E-state index in [0.29, 0.717) is 17.9 Å². The van der Waals surface area contributed by atoms with Gasteiger partial charge in [0.05, 0.1) is 25.3 Å². The van der Waals surface area contributed by atoms with Gasteiger partial charge in [0.2, 0.25) is 0 Å². The highest BCUT2D eigenvalue weighted by molar-refractivity contribution is 5.97. The van der Waals surface area contributed by atoms with Crippen LogP contribution in [0.25, 0.3) is 0 Å². The first kappa shape index (κ1) is 15.9. The molecule has 0 aromatic heterocycles. The fraction of sp³-hybridized carbons (Fsp3) is 0.278. The molecule has 1 N–H and O–H groups in total. The second-order valence-electron chi connectivity index (χ2n) is 4.90. The standard InChI is InChI=1S/C18H21NO3/c1-4-22-15-11-9-14(10-12-15)13(2)19-18(20)16-7-5-6-8-17(16)21-3/h5-13H,4H2,1-3H3,(H,19,20)/t13-/m1/s1. The molecule has 0 saturated heterocycles. The summed E-state index contributed by atoms with van der Waals surface area (Å²) in [6.07, 6.45) is 0. The summed E-state index contributed by atoms with van der Waals surface area (Å²) in [5.74, 6) is 1.24. The minimum Gasteiger partial charge on any atom is -0.496 e. The van der Waals surface area contributed by atoms with Crippen LogP contribution in [0.4, 0.5) is 0 Å². The van der Waals surface area contributed by atoms with Crippen LogP contribution in [0.2, 0.25) is 0 Å². The molecule has 0 saturated carbocycles. The molecule has 1 atom stereocenters.